The zero-order valence-electron chi connectivity index (χ0n) is 44.5. The first-order valence-electron chi connectivity index (χ1n) is 29.4. The van der Waals surface area contributed by atoms with Gasteiger partial charge < -0.3 is 14.2 Å². The van der Waals surface area contributed by atoms with Crippen LogP contribution < -0.4 is 0 Å². The Morgan fingerprint density at radius 2 is 0.508 bits per heavy atom. The van der Waals surface area contributed by atoms with E-state index in [1.807, 2.05) is 0 Å². The molecule has 386 valence electrons. The molecule has 0 unspecified atom stereocenters. The van der Waals surface area contributed by atoms with Gasteiger partial charge in [-0.05, 0) is 25.2 Å². The van der Waals surface area contributed by atoms with E-state index in [1.54, 1.807) is 0 Å². The number of hydrogen-bond donors (Lipinski definition) is 0. The summed E-state index contributed by atoms with van der Waals surface area (Å²) in [5.41, 5.74) is 0. The van der Waals surface area contributed by atoms with Crippen molar-refractivity contribution in [2.75, 3.05) is 13.2 Å². The number of carbonyl (C=O) groups excluding carboxylic acids is 3. The van der Waals surface area contributed by atoms with Gasteiger partial charge in [-0.15, -0.1) is 0 Å². The van der Waals surface area contributed by atoms with Crippen molar-refractivity contribution in [2.45, 2.75) is 342 Å². The molecule has 6 heteroatoms. The van der Waals surface area contributed by atoms with Crippen LogP contribution in [0.15, 0.2) is 0 Å². The van der Waals surface area contributed by atoms with Crippen LogP contribution in [-0.2, 0) is 28.6 Å². The van der Waals surface area contributed by atoms with Crippen LogP contribution in [0.25, 0.3) is 0 Å². The molecule has 0 aliphatic heterocycles. The summed E-state index contributed by atoms with van der Waals surface area (Å²) in [5, 5.41) is 0. The predicted octanol–water partition coefficient (Wildman–Crippen LogP) is 19.4. The Balaban J connectivity index is 4.22. The van der Waals surface area contributed by atoms with E-state index in [2.05, 4.69) is 27.7 Å². The third kappa shape index (κ3) is 53.2. The maximum absolute atomic E-state index is 12.8. The highest BCUT2D eigenvalue weighted by molar-refractivity contribution is 5.71. The van der Waals surface area contributed by atoms with Crippen LogP contribution in [0.3, 0.4) is 0 Å². The summed E-state index contributed by atoms with van der Waals surface area (Å²) < 4.78 is 16.9. The maximum Gasteiger partial charge on any atom is 0.306 e. The first-order chi connectivity index (χ1) is 31.9. The SMILES string of the molecule is CCCCCCCCCCCCCCCCCCCCC(=O)OC[C@@H](COC(=O)CCCCCCCCCCCC)OC(=O)CCCCCCCCCCCCCCCCCCC(C)C. The molecule has 0 heterocycles. The standard InChI is InChI=1S/C59H114O6/c1-5-7-9-11-13-15-17-18-19-20-21-25-28-31-35-39-43-47-51-58(61)64-54-56(53-63-57(60)50-46-42-38-34-16-14-12-10-8-6-2)65-59(62)52-48-44-40-36-32-29-26-23-22-24-27-30-33-37-41-45-49-55(3)4/h55-56H,5-54H2,1-4H3/t56-/m1/s1. The van der Waals surface area contributed by atoms with Gasteiger partial charge in [0.1, 0.15) is 13.2 Å². The topological polar surface area (TPSA) is 78.9 Å². The van der Waals surface area contributed by atoms with Gasteiger partial charge in [-0.3, -0.25) is 14.4 Å². The van der Waals surface area contributed by atoms with Crippen LogP contribution in [0, 0.1) is 5.92 Å². The van der Waals surface area contributed by atoms with E-state index in [0.29, 0.717) is 19.3 Å². The Morgan fingerprint density at radius 1 is 0.292 bits per heavy atom. The Kier molecular flexibility index (Phi) is 52.1. The summed E-state index contributed by atoms with van der Waals surface area (Å²) in [6.45, 7) is 9.06. The lowest BCUT2D eigenvalue weighted by atomic mass is 10.0. The zero-order chi connectivity index (χ0) is 47.4. The fourth-order valence-corrected chi connectivity index (χ4v) is 9.10. The molecule has 1 atom stereocenters. The van der Waals surface area contributed by atoms with E-state index < -0.39 is 6.10 Å². The van der Waals surface area contributed by atoms with Crippen LogP contribution in [0.5, 0.6) is 0 Å². The second-order valence-corrected chi connectivity index (χ2v) is 20.8. The van der Waals surface area contributed by atoms with Gasteiger partial charge in [0.05, 0.1) is 0 Å². The minimum atomic E-state index is -0.761. The molecule has 0 aliphatic rings. The smallest absolute Gasteiger partial charge is 0.306 e. The fraction of sp³-hybridized carbons (Fsp3) is 0.949. The van der Waals surface area contributed by atoms with Gasteiger partial charge >= 0.3 is 17.9 Å². The molecule has 0 aromatic heterocycles. The van der Waals surface area contributed by atoms with Gasteiger partial charge in [0, 0.05) is 19.3 Å². The van der Waals surface area contributed by atoms with E-state index in [4.69, 9.17) is 14.2 Å². The van der Waals surface area contributed by atoms with Gasteiger partial charge in [-0.1, -0.05) is 297 Å². The van der Waals surface area contributed by atoms with E-state index in [9.17, 15) is 14.4 Å². The summed E-state index contributed by atoms with van der Waals surface area (Å²) in [6, 6.07) is 0. The summed E-state index contributed by atoms with van der Waals surface area (Å²) in [7, 11) is 0. The monoisotopic (exact) mass is 919 g/mol. The number of carbonyl (C=O) groups is 3. The molecule has 0 radical (unpaired) electrons. The molecule has 0 amide bonds. The summed E-state index contributed by atoms with van der Waals surface area (Å²) in [4.78, 5) is 38.1. The molecule has 0 saturated heterocycles. The second kappa shape index (κ2) is 53.4. The highest BCUT2D eigenvalue weighted by Crippen LogP contribution is 2.18. The zero-order valence-corrected chi connectivity index (χ0v) is 44.5. The minimum Gasteiger partial charge on any atom is -0.462 e. The van der Waals surface area contributed by atoms with Gasteiger partial charge in [0.25, 0.3) is 0 Å². The molecular formula is C59H114O6. The molecule has 0 bridgehead atoms. The average molecular weight is 920 g/mol. The lowest BCUT2D eigenvalue weighted by molar-refractivity contribution is -0.167. The van der Waals surface area contributed by atoms with Crippen molar-refractivity contribution in [2.24, 2.45) is 5.92 Å². The van der Waals surface area contributed by atoms with E-state index in [0.717, 1.165) is 63.7 Å². The molecule has 0 saturated carbocycles. The van der Waals surface area contributed by atoms with E-state index in [-0.39, 0.29) is 31.1 Å². The van der Waals surface area contributed by atoms with Crippen molar-refractivity contribution >= 4 is 17.9 Å². The summed E-state index contributed by atoms with van der Waals surface area (Å²) in [5.74, 6) is 0.0156. The normalized spacial score (nSPS) is 12.0. The van der Waals surface area contributed by atoms with Gasteiger partial charge in [-0.25, -0.2) is 0 Å². The van der Waals surface area contributed by atoms with Crippen molar-refractivity contribution in [3.05, 3.63) is 0 Å². The molecule has 0 aromatic carbocycles. The van der Waals surface area contributed by atoms with Crippen molar-refractivity contribution in [1.29, 1.82) is 0 Å². The third-order valence-electron chi connectivity index (χ3n) is 13.5. The number of hydrogen-bond acceptors (Lipinski definition) is 6. The Hall–Kier alpha value is -1.59. The lowest BCUT2D eigenvalue weighted by Crippen LogP contribution is -2.30. The molecular weight excluding hydrogens is 805 g/mol. The number of unbranched alkanes of at least 4 members (excludes halogenated alkanes) is 41. The molecule has 0 spiro atoms. The highest BCUT2D eigenvalue weighted by Gasteiger charge is 2.19. The summed E-state index contributed by atoms with van der Waals surface area (Å²) in [6.07, 6.45) is 58.1. The minimum absolute atomic E-state index is 0.0618. The quantitative estimate of drug-likeness (QED) is 0.0344. The van der Waals surface area contributed by atoms with Crippen molar-refractivity contribution in [3.8, 4) is 0 Å². The van der Waals surface area contributed by atoms with Crippen LogP contribution in [0.2, 0.25) is 0 Å². The van der Waals surface area contributed by atoms with Crippen LogP contribution in [0.4, 0.5) is 0 Å². The second-order valence-electron chi connectivity index (χ2n) is 20.8. The number of esters is 3. The first kappa shape index (κ1) is 63.4. The molecule has 6 nitrogen and oxygen atoms in total. The van der Waals surface area contributed by atoms with Gasteiger partial charge in [0.15, 0.2) is 6.10 Å². The first-order valence-corrected chi connectivity index (χ1v) is 29.4. The molecule has 65 heavy (non-hydrogen) atoms. The maximum atomic E-state index is 12.8. The molecule has 0 N–H and O–H groups in total. The molecule has 0 fully saturated rings. The predicted molar refractivity (Wildman–Crippen MR) is 280 cm³/mol. The molecule has 0 rings (SSSR count). The molecule has 0 aliphatic carbocycles. The Morgan fingerprint density at radius 3 is 0.754 bits per heavy atom. The Labute approximate surface area is 406 Å². The lowest BCUT2D eigenvalue weighted by Gasteiger charge is -2.18. The van der Waals surface area contributed by atoms with Gasteiger partial charge in [-0.2, -0.15) is 0 Å². The van der Waals surface area contributed by atoms with Crippen LogP contribution in [-0.4, -0.2) is 37.2 Å². The summed E-state index contributed by atoms with van der Waals surface area (Å²) >= 11 is 0. The Bertz CT molecular complexity index is 980. The molecule has 0 aromatic rings. The van der Waals surface area contributed by atoms with Crippen molar-refractivity contribution in [3.63, 3.8) is 0 Å². The third-order valence-corrected chi connectivity index (χ3v) is 13.5. The van der Waals surface area contributed by atoms with Crippen molar-refractivity contribution in [1.82, 2.24) is 0 Å². The number of rotatable bonds is 54. The number of ether oxygens (including phenoxy) is 3. The van der Waals surface area contributed by atoms with E-state index >= 15 is 0 Å². The largest absolute Gasteiger partial charge is 0.462 e. The van der Waals surface area contributed by atoms with Crippen LogP contribution in [0.1, 0.15) is 336 Å². The fourth-order valence-electron chi connectivity index (χ4n) is 9.10. The van der Waals surface area contributed by atoms with Gasteiger partial charge in [0.2, 0.25) is 0 Å². The van der Waals surface area contributed by atoms with Crippen molar-refractivity contribution < 1.29 is 28.6 Å². The van der Waals surface area contributed by atoms with Crippen LogP contribution >= 0.6 is 0 Å². The van der Waals surface area contributed by atoms with E-state index in [1.165, 1.54) is 231 Å². The highest BCUT2D eigenvalue weighted by atomic mass is 16.6. The average Bonchev–Trinajstić information content (AvgIpc) is 3.29.